The lowest BCUT2D eigenvalue weighted by Crippen LogP contribution is -2.15. The molecule has 1 fully saturated rings. The quantitative estimate of drug-likeness (QED) is 0.391. The van der Waals surface area contributed by atoms with Gasteiger partial charge in [-0.1, -0.05) is 56.9 Å². The Morgan fingerprint density at radius 3 is 2.72 bits per heavy atom. The standard InChI is InChI=1S/C27H32N2/c1-5-10-22-15-26(18-28-17-22)24-13-14-25(19-29-20(3)6-2)27(16-24)21(4)23-11-8-7-9-12-23/h6,13-18,21,23H,2,7-9,11-12,19H2,1,3-4H3. The second-order valence-corrected chi connectivity index (χ2v) is 8.10. The van der Waals surface area contributed by atoms with Crippen molar-refractivity contribution in [1.82, 2.24) is 4.98 Å². The van der Waals surface area contributed by atoms with Gasteiger partial charge < -0.3 is 0 Å². The molecule has 0 spiro atoms. The van der Waals surface area contributed by atoms with Gasteiger partial charge in [-0.3, -0.25) is 9.98 Å². The van der Waals surface area contributed by atoms with Crippen molar-refractivity contribution in [1.29, 1.82) is 0 Å². The maximum absolute atomic E-state index is 4.71. The molecule has 0 aliphatic heterocycles. The highest BCUT2D eigenvalue weighted by atomic mass is 14.7. The Bertz CT molecular complexity index is 936. The van der Waals surface area contributed by atoms with E-state index in [2.05, 4.69) is 54.6 Å². The molecule has 1 saturated carbocycles. The first-order valence-corrected chi connectivity index (χ1v) is 10.8. The highest BCUT2D eigenvalue weighted by Gasteiger charge is 2.23. The summed E-state index contributed by atoms with van der Waals surface area (Å²) in [7, 11) is 0. The SMILES string of the molecule is C=CC(C)=NCc1ccc(-c2cncc(C#CC)c2)cc1C(C)C1CCCCC1. The van der Waals surface area contributed by atoms with Crippen LogP contribution in [0.2, 0.25) is 0 Å². The number of aromatic nitrogens is 1. The predicted octanol–water partition coefficient (Wildman–Crippen LogP) is 6.95. The molecule has 0 saturated heterocycles. The van der Waals surface area contributed by atoms with Crippen molar-refractivity contribution in [3.8, 4) is 23.0 Å². The van der Waals surface area contributed by atoms with E-state index in [1.54, 1.807) is 0 Å². The number of rotatable bonds is 6. The fourth-order valence-electron chi connectivity index (χ4n) is 4.32. The number of nitrogens with zero attached hydrogens (tertiary/aromatic N) is 2. The predicted molar refractivity (Wildman–Crippen MR) is 124 cm³/mol. The molecule has 2 nitrogen and oxygen atoms in total. The molecule has 1 unspecified atom stereocenters. The molecule has 1 aliphatic rings. The van der Waals surface area contributed by atoms with Crippen molar-refractivity contribution in [2.75, 3.05) is 0 Å². The Labute approximate surface area is 176 Å². The lowest BCUT2D eigenvalue weighted by atomic mass is 9.76. The Balaban J connectivity index is 2.00. The summed E-state index contributed by atoms with van der Waals surface area (Å²) in [5.74, 6) is 7.38. The molecule has 0 amide bonds. The van der Waals surface area contributed by atoms with Gasteiger partial charge in [-0.15, -0.1) is 5.92 Å². The number of hydrogen-bond donors (Lipinski definition) is 0. The van der Waals surface area contributed by atoms with Crippen LogP contribution in [0.1, 0.15) is 75.5 Å². The third-order valence-electron chi connectivity index (χ3n) is 6.13. The van der Waals surface area contributed by atoms with E-state index in [-0.39, 0.29) is 0 Å². The van der Waals surface area contributed by atoms with Gasteiger partial charge in [0.25, 0.3) is 0 Å². The fourth-order valence-corrected chi connectivity index (χ4v) is 4.32. The van der Waals surface area contributed by atoms with Crippen molar-refractivity contribution in [3.05, 3.63) is 66.0 Å². The molecule has 1 aliphatic carbocycles. The molecule has 3 rings (SSSR count). The number of allylic oxidation sites excluding steroid dienone is 1. The van der Waals surface area contributed by atoms with E-state index >= 15 is 0 Å². The first-order valence-electron chi connectivity index (χ1n) is 10.8. The highest BCUT2D eigenvalue weighted by Crippen LogP contribution is 2.38. The molecule has 1 aromatic heterocycles. The summed E-state index contributed by atoms with van der Waals surface area (Å²) in [6.07, 6.45) is 12.4. The Morgan fingerprint density at radius 2 is 2.00 bits per heavy atom. The fraction of sp³-hybridized carbons (Fsp3) is 0.407. The third kappa shape index (κ3) is 5.45. The van der Waals surface area contributed by atoms with Crippen molar-refractivity contribution < 1.29 is 0 Å². The minimum Gasteiger partial charge on any atom is -0.285 e. The average Bonchev–Trinajstić information content (AvgIpc) is 2.78. The first kappa shape index (κ1) is 21.1. The molecule has 29 heavy (non-hydrogen) atoms. The Kier molecular flexibility index (Phi) is 7.42. The van der Waals surface area contributed by atoms with Crippen molar-refractivity contribution in [2.45, 2.75) is 65.3 Å². The van der Waals surface area contributed by atoms with E-state index in [0.717, 1.165) is 22.8 Å². The first-order chi connectivity index (χ1) is 14.1. The van der Waals surface area contributed by atoms with Gasteiger partial charge in [-0.05, 0) is 67.4 Å². The second kappa shape index (κ2) is 10.2. The van der Waals surface area contributed by atoms with Crippen LogP contribution in [-0.2, 0) is 6.54 Å². The maximum atomic E-state index is 4.71. The van der Waals surface area contributed by atoms with Crippen LogP contribution < -0.4 is 0 Å². The van der Waals surface area contributed by atoms with E-state index in [1.807, 2.05) is 32.3 Å². The molecule has 0 radical (unpaired) electrons. The largest absolute Gasteiger partial charge is 0.285 e. The van der Waals surface area contributed by atoms with Crippen LogP contribution in [0.15, 0.2) is 54.3 Å². The zero-order valence-corrected chi connectivity index (χ0v) is 18.0. The minimum absolute atomic E-state index is 0.538. The van der Waals surface area contributed by atoms with Crippen molar-refractivity contribution >= 4 is 5.71 Å². The van der Waals surface area contributed by atoms with Gasteiger partial charge in [0.05, 0.1) is 6.54 Å². The topological polar surface area (TPSA) is 25.2 Å². The molecule has 0 N–H and O–H groups in total. The number of benzene rings is 1. The van der Waals surface area contributed by atoms with E-state index < -0.39 is 0 Å². The van der Waals surface area contributed by atoms with Crippen molar-refractivity contribution in [2.24, 2.45) is 10.9 Å². The van der Waals surface area contributed by atoms with Gasteiger partial charge in [0.2, 0.25) is 0 Å². The van der Waals surface area contributed by atoms with Crippen LogP contribution in [0.5, 0.6) is 0 Å². The van der Waals surface area contributed by atoms with Gasteiger partial charge in [0, 0.05) is 29.2 Å². The summed E-state index contributed by atoms with van der Waals surface area (Å²) in [6.45, 7) is 10.8. The van der Waals surface area contributed by atoms with Gasteiger partial charge >= 0.3 is 0 Å². The zero-order valence-electron chi connectivity index (χ0n) is 18.0. The van der Waals surface area contributed by atoms with Gasteiger partial charge in [-0.2, -0.15) is 0 Å². The monoisotopic (exact) mass is 384 g/mol. The molecule has 1 heterocycles. The smallest absolute Gasteiger partial charge is 0.0645 e. The lowest BCUT2D eigenvalue weighted by Gasteiger charge is -2.29. The van der Waals surface area contributed by atoms with Crippen LogP contribution in [0.3, 0.4) is 0 Å². The minimum atomic E-state index is 0.538. The third-order valence-corrected chi connectivity index (χ3v) is 6.13. The van der Waals surface area contributed by atoms with Crippen LogP contribution in [0.4, 0.5) is 0 Å². The van der Waals surface area contributed by atoms with Gasteiger partial charge in [0.1, 0.15) is 0 Å². The second-order valence-electron chi connectivity index (χ2n) is 8.10. The zero-order chi connectivity index (χ0) is 20.6. The Morgan fingerprint density at radius 1 is 1.21 bits per heavy atom. The van der Waals surface area contributed by atoms with Gasteiger partial charge in [0.15, 0.2) is 0 Å². The summed E-state index contributed by atoms with van der Waals surface area (Å²) in [6, 6.07) is 8.95. The summed E-state index contributed by atoms with van der Waals surface area (Å²) < 4.78 is 0. The van der Waals surface area contributed by atoms with Crippen LogP contribution in [0, 0.1) is 17.8 Å². The van der Waals surface area contributed by atoms with Gasteiger partial charge in [-0.25, -0.2) is 0 Å². The summed E-state index contributed by atoms with van der Waals surface area (Å²) in [5, 5.41) is 0. The van der Waals surface area contributed by atoms with E-state index in [0.29, 0.717) is 12.5 Å². The maximum Gasteiger partial charge on any atom is 0.0645 e. The number of pyridine rings is 1. The van der Waals surface area contributed by atoms with Crippen LogP contribution >= 0.6 is 0 Å². The molecule has 0 bridgehead atoms. The summed E-state index contributed by atoms with van der Waals surface area (Å²) >= 11 is 0. The molecule has 1 aromatic carbocycles. The summed E-state index contributed by atoms with van der Waals surface area (Å²) in [4.78, 5) is 9.11. The molecule has 2 aromatic rings. The highest BCUT2D eigenvalue weighted by molar-refractivity contribution is 5.92. The lowest BCUT2D eigenvalue weighted by molar-refractivity contribution is 0.315. The normalized spacial score (nSPS) is 16.0. The van der Waals surface area contributed by atoms with Crippen LogP contribution in [0.25, 0.3) is 11.1 Å². The Hall–Kier alpha value is -2.66. The number of hydrogen-bond acceptors (Lipinski definition) is 2. The average molecular weight is 385 g/mol. The molecular formula is C27H32N2. The molecular weight excluding hydrogens is 352 g/mol. The molecule has 2 heteroatoms. The van der Waals surface area contributed by atoms with Crippen molar-refractivity contribution in [3.63, 3.8) is 0 Å². The number of aliphatic imine (C=N–C) groups is 1. The van der Waals surface area contributed by atoms with Crippen LogP contribution in [-0.4, -0.2) is 10.7 Å². The van der Waals surface area contributed by atoms with E-state index in [9.17, 15) is 0 Å². The molecule has 1 atom stereocenters. The summed E-state index contributed by atoms with van der Waals surface area (Å²) in [5.41, 5.74) is 7.04. The molecule has 150 valence electrons. The van der Waals surface area contributed by atoms with E-state index in [1.165, 1.54) is 48.8 Å². The van der Waals surface area contributed by atoms with E-state index in [4.69, 9.17) is 4.99 Å².